The summed E-state index contributed by atoms with van der Waals surface area (Å²) in [5.41, 5.74) is 2.28. The SMILES string of the molecule is CCCCN(C(=O)CN1CCN(Cc2ccc(Cl)cc2)CC1)c1ccccc1. The molecule has 0 unspecified atom stereocenters. The largest absolute Gasteiger partial charge is 0.311 e. The van der Waals surface area contributed by atoms with E-state index in [-0.39, 0.29) is 5.91 Å². The van der Waals surface area contributed by atoms with Gasteiger partial charge in [-0.2, -0.15) is 0 Å². The van der Waals surface area contributed by atoms with Crippen molar-refractivity contribution in [1.29, 1.82) is 0 Å². The number of hydrogen-bond acceptors (Lipinski definition) is 3. The van der Waals surface area contributed by atoms with Gasteiger partial charge in [0.15, 0.2) is 0 Å². The van der Waals surface area contributed by atoms with Gasteiger partial charge in [-0.05, 0) is 36.2 Å². The number of piperazine rings is 1. The van der Waals surface area contributed by atoms with E-state index in [1.807, 2.05) is 47.4 Å². The molecule has 0 bridgehead atoms. The van der Waals surface area contributed by atoms with Crippen molar-refractivity contribution in [3.63, 3.8) is 0 Å². The third kappa shape index (κ3) is 6.06. The predicted molar refractivity (Wildman–Crippen MR) is 117 cm³/mol. The first-order valence-electron chi connectivity index (χ1n) is 10.2. The van der Waals surface area contributed by atoms with E-state index in [1.165, 1.54) is 5.56 Å². The van der Waals surface area contributed by atoms with E-state index in [2.05, 4.69) is 28.9 Å². The van der Waals surface area contributed by atoms with Gasteiger partial charge in [-0.3, -0.25) is 14.6 Å². The third-order valence-corrected chi connectivity index (χ3v) is 5.50. The van der Waals surface area contributed by atoms with Crippen molar-refractivity contribution in [2.24, 2.45) is 0 Å². The number of carbonyl (C=O) groups is 1. The Kier molecular flexibility index (Phi) is 7.90. The number of nitrogens with zero attached hydrogens (tertiary/aromatic N) is 3. The molecule has 3 rings (SSSR count). The highest BCUT2D eigenvalue weighted by atomic mass is 35.5. The van der Waals surface area contributed by atoms with Crippen molar-refractivity contribution in [2.45, 2.75) is 26.3 Å². The van der Waals surface area contributed by atoms with Crippen molar-refractivity contribution in [3.05, 3.63) is 65.2 Å². The van der Waals surface area contributed by atoms with Gasteiger partial charge in [-0.25, -0.2) is 0 Å². The number of para-hydroxylation sites is 1. The molecular formula is C23H30ClN3O. The van der Waals surface area contributed by atoms with Crippen molar-refractivity contribution in [3.8, 4) is 0 Å². The van der Waals surface area contributed by atoms with Crippen LogP contribution in [-0.2, 0) is 11.3 Å². The third-order valence-electron chi connectivity index (χ3n) is 5.25. The number of hydrogen-bond donors (Lipinski definition) is 0. The second-order valence-corrected chi connectivity index (χ2v) is 7.85. The summed E-state index contributed by atoms with van der Waals surface area (Å²) >= 11 is 5.97. The van der Waals surface area contributed by atoms with E-state index in [4.69, 9.17) is 11.6 Å². The Bertz CT molecular complexity index is 727. The summed E-state index contributed by atoms with van der Waals surface area (Å²) in [6.07, 6.45) is 2.11. The maximum absolute atomic E-state index is 13.0. The fraction of sp³-hybridized carbons (Fsp3) is 0.435. The average molecular weight is 400 g/mol. The summed E-state index contributed by atoms with van der Waals surface area (Å²) in [7, 11) is 0. The Morgan fingerprint density at radius 1 is 0.964 bits per heavy atom. The Morgan fingerprint density at radius 3 is 2.25 bits per heavy atom. The maximum atomic E-state index is 13.0. The standard InChI is InChI=1S/C23H30ClN3O/c1-2-3-13-27(22-7-5-4-6-8-22)23(28)19-26-16-14-25(15-17-26)18-20-9-11-21(24)12-10-20/h4-12H,2-3,13-19H2,1H3. The molecule has 0 aliphatic carbocycles. The highest BCUT2D eigenvalue weighted by Crippen LogP contribution is 2.16. The van der Waals surface area contributed by atoms with Gasteiger partial charge in [0.2, 0.25) is 5.91 Å². The van der Waals surface area contributed by atoms with Crippen LogP contribution in [0.2, 0.25) is 5.02 Å². The lowest BCUT2D eigenvalue weighted by atomic mass is 10.2. The molecule has 0 spiro atoms. The minimum absolute atomic E-state index is 0.200. The number of anilines is 1. The van der Waals surface area contributed by atoms with Crippen molar-refractivity contribution < 1.29 is 4.79 Å². The molecule has 4 nitrogen and oxygen atoms in total. The molecule has 150 valence electrons. The molecule has 1 aliphatic rings. The van der Waals surface area contributed by atoms with Crippen molar-refractivity contribution in [2.75, 3.05) is 44.2 Å². The Balaban J connectivity index is 1.51. The summed E-state index contributed by atoms with van der Waals surface area (Å²) < 4.78 is 0. The molecule has 2 aromatic carbocycles. The van der Waals surface area contributed by atoms with Crippen LogP contribution < -0.4 is 4.90 Å². The topological polar surface area (TPSA) is 26.8 Å². The number of halogens is 1. The normalized spacial score (nSPS) is 15.5. The van der Waals surface area contributed by atoms with E-state index in [9.17, 15) is 4.79 Å². The quantitative estimate of drug-likeness (QED) is 0.662. The van der Waals surface area contributed by atoms with Crippen LogP contribution in [0.25, 0.3) is 0 Å². The number of rotatable bonds is 8. The molecular weight excluding hydrogens is 370 g/mol. The molecule has 0 N–H and O–H groups in total. The van der Waals surface area contributed by atoms with Gasteiger partial charge in [0.05, 0.1) is 6.54 Å². The van der Waals surface area contributed by atoms with E-state index in [0.29, 0.717) is 6.54 Å². The predicted octanol–water partition coefficient (Wildman–Crippen LogP) is 4.29. The Hall–Kier alpha value is -1.88. The second-order valence-electron chi connectivity index (χ2n) is 7.41. The Labute approximate surface area is 173 Å². The van der Waals surface area contributed by atoms with Crippen molar-refractivity contribution >= 4 is 23.2 Å². The van der Waals surface area contributed by atoms with Gasteiger partial charge in [0.25, 0.3) is 0 Å². The molecule has 0 saturated carbocycles. The zero-order valence-corrected chi connectivity index (χ0v) is 17.4. The molecule has 0 radical (unpaired) electrons. The highest BCUT2D eigenvalue weighted by Gasteiger charge is 2.22. The molecule has 1 heterocycles. The number of unbranched alkanes of at least 4 members (excludes halogenated alkanes) is 1. The summed E-state index contributed by atoms with van der Waals surface area (Å²) in [5, 5.41) is 0.776. The minimum atomic E-state index is 0.200. The van der Waals surface area contributed by atoms with Crippen LogP contribution in [0.4, 0.5) is 5.69 Å². The van der Waals surface area contributed by atoms with Crippen LogP contribution in [-0.4, -0.2) is 55.0 Å². The van der Waals surface area contributed by atoms with Crippen LogP contribution in [0.5, 0.6) is 0 Å². The first kappa shape index (κ1) is 20.8. The fourth-order valence-electron chi connectivity index (χ4n) is 3.55. The zero-order chi connectivity index (χ0) is 19.8. The summed E-state index contributed by atoms with van der Waals surface area (Å²) in [6.45, 7) is 8.19. The molecule has 5 heteroatoms. The summed E-state index contributed by atoms with van der Waals surface area (Å²) in [6, 6.07) is 18.1. The minimum Gasteiger partial charge on any atom is -0.311 e. The smallest absolute Gasteiger partial charge is 0.241 e. The monoisotopic (exact) mass is 399 g/mol. The first-order valence-corrected chi connectivity index (χ1v) is 10.6. The second kappa shape index (κ2) is 10.6. The van der Waals surface area contributed by atoms with E-state index in [1.54, 1.807) is 0 Å². The molecule has 0 atom stereocenters. The lowest BCUT2D eigenvalue weighted by molar-refractivity contribution is -0.120. The van der Waals surface area contributed by atoms with E-state index < -0.39 is 0 Å². The molecule has 1 fully saturated rings. The van der Waals surface area contributed by atoms with E-state index in [0.717, 1.165) is 62.8 Å². The summed E-state index contributed by atoms with van der Waals surface area (Å²) in [5.74, 6) is 0.200. The number of carbonyl (C=O) groups excluding carboxylic acids is 1. The van der Waals surface area contributed by atoms with Gasteiger partial charge >= 0.3 is 0 Å². The van der Waals surface area contributed by atoms with Gasteiger partial charge in [-0.15, -0.1) is 0 Å². The number of benzene rings is 2. The van der Waals surface area contributed by atoms with E-state index >= 15 is 0 Å². The average Bonchev–Trinajstić information content (AvgIpc) is 2.72. The van der Waals surface area contributed by atoms with Crippen LogP contribution in [0, 0.1) is 0 Å². The summed E-state index contributed by atoms with van der Waals surface area (Å²) in [4.78, 5) is 19.6. The molecule has 1 amide bonds. The lowest BCUT2D eigenvalue weighted by Crippen LogP contribution is -2.50. The van der Waals surface area contributed by atoms with Crippen LogP contribution in [0.15, 0.2) is 54.6 Å². The first-order chi connectivity index (χ1) is 13.7. The fourth-order valence-corrected chi connectivity index (χ4v) is 3.68. The molecule has 1 aliphatic heterocycles. The van der Waals surface area contributed by atoms with Gasteiger partial charge in [0.1, 0.15) is 0 Å². The molecule has 28 heavy (non-hydrogen) atoms. The maximum Gasteiger partial charge on any atom is 0.241 e. The number of amides is 1. The van der Waals surface area contributed by atoms with Crippen molar-refractivity contribution in [1.82, 2.24) is 9.80 Å². The molecule has 1 saturated heterocycles. The lowest BCUT2D eigenvalue weighted by Gasteiger charge is -2.35. The molecule has 2 aromatic rings. The van der Waals surface area contributed by atoms with Gasteiger partial charge in [-0.1, -0.05) is 55.3 Å². The highest BCUT2D eigenvalue weighted by molar-refractivity contribution is 6.30. The molecule has 0 aromatic heterocycles. The van der Waals surface area contributed by atoms with Gasteiger partial charge in [0, 0.05) is 50.0 Å². The Morgan fingerprint density at radius 2 is 1.61 bits per heavy atom. The van der Waals surface area contributed by atoms with Gasteiger partial charge < -0.3 is 4.90 Å². The van der Waals surface area contributed by atoms with Crippen LogP contribution in [0.1, 0.15) is 25.3 Å². The van der Waals surface area contributed by atoms with Crippen LogP contribution >= 0.6 is 11.6 Å². The van der Waals surface area contributed by atoms with Crippen LogP contribution in [0.3, 0.4) is 0 Å². The zero-order valence-electron chi connectivity index (χ0n) is 16.7.